The maximum absolute atomic E-state index is 8.70. The van der Waals surface area contributed by atoms with E-state index < -0.39 is 7.32 Å². The first-order valence-electron chi connectivity index (χ1n) is 4.70. The average molecular weight is 194 g/mol. The van der Waals surface area contributed by atoms with Gasteiger partial charge >= 0.3 is 7.32 Å². The van der Waals surface area contributed by atoms with E-state index in [1.165, 1.54) is 0 Å². The number of benzene rings is 1. The maximum atomic E-state index is 8.70. The van der Waals surface area contributed by atoms with Gasteiger partial charge in [-0.15, -0.1) is 0 Å². The topological polar surface area (TPSA) is 49.7 Å². The second-order valence-corrected chi connectivity index (χ2v) is 3.65. The SMILES string of the molecule is CC(C)Cc1ccccc1OB(O)O. The summed E-state index contributed by atoms with van der Waals surface area (Å²) >= 11 is 0. The first-order chi connectivity index (χ1) is 6.59. The predicted molar refractivity (Wildman–Crippen MR) is 55.8 cm³/mol. The molecule has 0 unspecified atom stereocenters. The van der Waals surface area contributed by atoms with E-state index in [9.17, 15) is 0 Å². The zero-order valence-electron chi connectivity index (χ0n) is 8.47. The molecule has 3 nitrogen and oxygen atoms in total. The van der Waals surface area contributed by atoms with Gasteiger partial charge in [-0.25, -0.2) is 0 Å². The smallest absolute Gasteiger partial charge is 0.512 e. The third-order valence-corrected chi connectivity index (χ3v) is 1.83. The minimum absolute atomic E-state index is 0.510. The van der Waals surface area contributed by atoms with E-state index in [0.717, 1.165) is 12.0 Å². The molecule has 0 fully saturated rings. The fraction of sp³-hybridized carbons (Fsp3) is 0.400. The zero-order valence-corrected chi connectivity index (χ0v) is 8.47. The third kappa shape index (κ3) is 3.40. The summed E-state index contributed by atoms with van der Waals surface area (Å²) in [6.07, 6.45) is 0.864. The van der Waals surface area contributed by atoms with E-state index in [4.69, 9.17) is 14.7 Å². The van der Waals surface area contributed by atoms with Crippen molar-refractivity contribution in [3.05, 3.63) is 29.8 Å². The van der Waals surface area contributed by atoms with Gasteiger partial charge in [0.1, 0.15) is 5.75 Å². The van der Waals surface area contributed by atoms with E-state index in [0.29, 0.717) is 11.7 Å². The molecule has 0 aliphatic carbocycles. The first kappa shape index (κ1) is 11.1. The van der Waals surface area contributed by atoms with Gasteiger partial charge in [0.05, 0.1) is 0 Å². The summed E-state index contributed by atoms with van der Waals surface area (Å²) in [7, 11) is -1.75. The summed E-state index contributed by atoms with van der Waals surface area (Å²) in [4.78, 5) is 0. The molecule has 0 amide bonds. The van der Waals surface area contributed by atoms with E-state index in [2.05, 4.69) is 13.8 Å². The molecule has 0 heterocycles. The molecule has 0 saturated carbocycles. The van der Waals surface area contributed by atoms with Crippen LogP contribution in [0.1, 0.15) is 19.4 Å². The van der Waals surface area contributed by atoms with Crippen LogP contribution in [0.5, 0.6) is 5.75 Å². The lowest BCUT2D eigenvalue weighted by Gasteiger charge is -2.12. The summed E-state index contributed by atoms with van der Waals surface area (Å²) in [5.41, 5.74) is 0.996. The largest absolute Gasteiger partial charge is 0.707 e. The molecular weight excluding hydrogens is 179 g/mol. The van der Waals surface area contributed by atoms with Gasteiger partial charge in [0.2, 0.25) is 0 Å². The van der Waals surface area contributed by atoms with Crippen LogP contribution in [0.3, 0.4) is 0 Å². The van der Waals surface area contributed by atoms with Gasteiger partial charge in [0, 0.05) is 0 Å². The quantitative estimate of drug-likeness (QED) is 0.708. The summed E-state index contributed by atoms with van der Waals surface area (Å²) in [5.74, 6) is 1.05. The van der Waals surface area contributed by atoms with Crippen molar-refractivity contribution in [1.82, 2.24) is 0 Å². The molecule has 0 aromatic heterocycles. The van der Waals surface area contributed by atoms with Crippen molar-refractivity contribution >= 4 is 7.32 Å². The highest BCUT2D eigenvalue weighted by atomic mass is 16.6. The van der Waals surface area contributed by atoms with Crippen LogP contribution in [0.2, 0.25) is 0 Å². The molecule has 1 rings (SSSR count). The molecule has 0 spiro atoms. The maximum Gasteiger partial charge on any atom is 0.707 e. The lowest BCUT2D eigenvalue weighted by Crippen LogP contribution is -2.21. The van der Waals surface area contributed by atoms with Crippen molar-refractivity contribution in [3.63, 3.8) is 0 Å². The molecule has 76 valence electrons. The third-order valence-electron chi connectivity index (χ3n) is 1.83. The van der Waals surface area contributed by atoms with E-state index in [1.807, 2.05) is 18.2 Å². The van der Waals surface area contributed by atoms with Crippen LogP contribution in [0, 0.1) is 5.92 Å². The second kappa shape index (κ2) is 5.03. The monoisotopic (exact) mass is 194 g/mol. The summed E-state index contributed by atoms with van der Waals surface area (Å²) in [6.45, 7) is 4.21. The Morgan fingerprint density at radius 1 is 1.29 bits per heavy atom. The fourth-order valence-electron chi connectivity index (χ4n) is 1.34. The number of para-hydroxylation sites is 1. The van der Waals surface area contributed by atoms with Gasteiger partial charge < -0.3 is 14.7 Å². The molecule has 4 heteroatoms. The summed E-state index contributed by atoms with van der Waals surface area (Å²) < 4.78 is 4.86. The van der Waals surface area contributed by atoms with Gasteiger partial charge in [-0.1, -0.05) is 32.0 Å². The van der Waals surface area contributed by atoms with Crippen LogP contribution < -0.4 is 4.65 Å². The highest BCUT2D eigenvalue weighted by Gasteiger charge is 2.14. The molecule has 0 bridgehead atoms. The van der Waals surface area contributed by atoms with Crippen LogP contribution in [0.25, 0.3) is 0 Å². The van der Waals surface area contributed by atoms with Crippen LogP contribution in [0.4, 0.5) is 0 Å². The Morgan fingerprint density at radius 3 is 2.50 bits per heavy atom. The highest BCUT2D eigenvalue weighted by Crippen LogP contribution is 2.21. The van der Waals surface area contributed by atoms with Gasteiger partial charge in [-0.05, 0) is 24.0 Å². The Labute approximate surface area is 84.5 Å². The Bertz CT molecular complexity index is 257. The molecule has 14 heavy (non-hydrogen) atoms. The minimum atomic E-state index is -1.75. The van der Waals surface area contributed by atoms with Gasteiger partial charge in [-0.2, -0.15) is 0 Å². The standard InChI is InChI=1S/C10H15BO3/c1-8(2)7-9-5-3-4-6-10(9)14-11(12)13/h3-6,8,12-13H,7H2,1-2H3. The van der Waals surface area contributed by atoms with Gasteiger partial charge in [0.25, 0.3) is 0 Å². The summed E-state index contributed by atoms with van der Waals surface area (Å²) in [5, 5.41) is 17.4. The molecule has 1 aromatic carbocycles. The van der Waals surface area contributed by atoms with Crippen molar-refractivity contribution in [2.45, 2.75) is 20.3 Å². The molecule has 0 aliphatic heterocycles. The number of rotatable bonds is 4. The van der Waals surface area contributed by atoms with Crippen LogP contribution in [0.15, 0.2) is 24.3 Å². The minimum Gasteiger partial charge on any atom is -0.512 e. The summed E-state index contributed by atoms with van der Waals surface area (Å²) in [6, 6.07) is 7.38. The molecule has 2 N–H and O–H groups in total. The Kier molecular flexibility index (Phi) is 3.98. The molecule has 0 radical (unpaired) electrons. The molecule has 0 atom stereocenters. The second-order valence-electron chi connectivity index (χ2n) is 3.65. The first-order valence-corrected chi connectivity index (χ1v) is 4.70. The van der Waals surface area contributed by atoms with E-state index in [1.54, 1.807) is 6.07 Å². The van der Waals surface area contributed by atoms with Crippen molar-refractivity contribution in [3.8, 4) is 5.75 Å². The average Bonchev–Trinajstić information content (AvgIpc) is 2.06. The normalized spacial score (nSPS) is 10.4. The molecular formula is C10H15BO3. The van der Waals surface area contributed by atoms with E-state index in [-0.39, 0.29) is 0 Å². The molecule has 0 saturated heterocycles. The van der Waals surface area contributed by atoms with Crippen LogP contribution in [-0.2, 0) is 6.42 Å². The predicted octanol–water partition coefficient (Wildman–Crippen LogP) is 1.23. The lowest BCUT2D eigenvalue weighted by molar-refractivity contribution is 0.286. The fourth-order valence-corrected chi connectivity index (χ4v) is 1.34. The highest BCUT2D eigenvalue weighted by molar-refractivity contribution is 6.33. The van der Waals surface area contributed by atoms with Crippen molar-refractivity contribution in [1.29, 1.82) is 0 Å². The Hall–Kier alpha value is -0.995. The van der Waals surface area contributed by atoms with E-state index >= 15 is 0 Å². The van der Waals surface area contributed by atoms with Crippen LogP contribution in [-0.4, -0.2) is 17.4 Å². The van der Waals surface area contributed by atoms with Gasteiger partial charge in [-0.3, -0.25) is 0 Å². The van der Waals surface area contributed by atoms with Crippen LogP contribution >= 0.6 is 0 Å². The zero-order chi connectivity index (χ0) is 10.6. The van der Waals surface area contributed by atoms with Crippen molar-refractivity contribution in [2.75, 3.05) is 0 Å². The van der Waals surface area contributed by atoms with Gasteiger partial charge in [0.15, 0.2) is 0 Å². The molecule has 1 aromatic rings. The lowest BCUT2D eigenvalue weighted by atomic mass is 10.0. The number of hydrogen-bond acceptors (Lipinski definition) is 3. The number of hydrogen-bond donors (Lipinski definition) is 2. The Morgan fingerprint density at radius 2 is 1.93 bits per heavy atom. The Balaban J connectivity index is 2.80. The van der Waals surface area contributed by atoms with Crippen molar-refractivity contribution in [2.24, 2.45) is 5.92 Å². The van der Waals surface area contributed by atoms with Crippen molar-refractivity contribution < 1.29 is 14.7 Å². The molecule has 0 aliphatic rings.